The van der Waals surface area contributed by atoms with E-state index in [-0.39, 0.29) is 17.2 Å². The molecule has 0 saturated heterocycles. The summed E-state index contributed by atoms with van der Waals surface area (Å²) in [5.41, 5.74) is 3.00. The van der Waals surface area contributed by atoms with Crippen molar-refractivity contribution in [1.82, 2.24) is 14.8 Å². The molecule has 6 nitrogen and oxygen atoms in total. The number of ether oxygens (including phenoxy) is 1. The number of nitrogens with one attached hydrogen (secondary N) is 1. The molecule has 158 valence electrons. The Morgan fingerprint density at radius 2 is 1.73 bits per heavy atom. The van der Waals surface area contributed by atoms with E-state index in [1.165, 1.54) is 17.3 Å². The number of amides is 1. The SMILES string of the molecule is CCc1ccc(NC(=O)[C@@H](C)Sc2nnc(-c3ccc(OC)cc3)n2C(C)C)cc1. The number of rotatable bonds is 8. The van der Waals surface area contributed by atoms with Gasteiger partial charge in [-0.05, 0) is 69.2 Å². The highest BCUT2D eigenvalue weighted by Gasteiger charge is 2.22. The average molecular weight is 425 g/mol. The van der Waals surface area contributed by atoms with Gasteiger partial charge in [-0.2, -0.15) is 0 Å². The first-order chi connectivity index (χ1) is 14.4. The van der Waals surface area contributed by atoms with E-state index in [4.69, 9.17) is 4.74 Å². The zero-order valence-corrected chi connectivity index (χ0v) is 18.9. The quantitative estimate of drug-likeness (QED) is 0.502. The van der Waals surface area contributed by atoms with Gasteiger partial charge in [0.1, 0.15) is 5.75 Å². The lowest BCUT2D eigenvalue weighted by atomic mass is 10.1. The Balaban J connectivity index is 1.76. The molecule has 1 N–H and O–H groups in total. The third-order valence-corrected chi connectivity index (χ3v) is 5.87. The largest absolute Gasteiger partial charge is 0.497 e. The van der Waals surface area contributed by atoms with E-state index >= 15 is 0 Å². The lowest BCUT2D eigenvalue weighted by Gasteiger charge is -2.16. The summed E-state index contributed by atoms with van der Waals surface area (Å²) in [5.74, 6) is 1.51. The highest BCUT2D eigenvalue weighted by Crippen LogP contribution is 2.31. The Morgan fingerprint density at radius 3 is 2.30 bits per heavy atom. The molecule has 1 amide bonds. The molecule has 1 aromatic heterocycles. The van der Waals surface area contributed by atoms with Crippen LogP contribution < -0.4 is 10.1 Å². The van der Waals surface area contributed by atoms with Crippen molar-refractivity contribution in [3.63, 3.8) is 0 Å². The summed E-state index contributed by atoms with van der Waals surface area (Å²) in [6, 6.07) is 15.8. The average Bonchev–Trinajstić information content (AvgIpc) is 3.18. The van der Waals surface area contributed by atoms with Crippen molar-refractivity contribution in [3.8, 4) is 17.1 Å². The number of aromatic nitrogens is 3. The Hall–Kier alpha value is -2.80. The molecule has 0 unspecified atom stereocenters. The molecule has 1 heterocycles. The summed E-state index contributed by atoms with van der Waals surface area (Å²) >= 11 is 1.41. The summed E-state index contributed by atoms with van der Waals surface area (Å²) < 4.78 is 7.30. The number of nitrogens with zero attached hydrogens (tertiary/aromatic N) is 3. The summed E-state index contributed by atoms with van der Waals surface area (Å²) in [5, 5.41) is 12.2. The first-order valence-corrected chi connectivity index (χ1v) is 11.0. The van der Waals surface area contributed by atoms with Crippen LogP contribution in [0.2, 0.25) is 0 Å². The van der Waals surface area contributed by atoms with Crippen LogP contribution in [0.5, 0.6) is 5.75 Å². The van der Waals surface area contributed by atoms with Crippen molar-refractivity contribution in [2.75, 3.05) is 12.4 Å². The zero-order valence-electron chi connectivity index (χ0n) is 18.0. The van der Waals surface area contributed by atoms with Gasteiger partial charge in [0.05, 0.1) is 12.4 Å². The second-order valence-electron chi connectivity index (χ2n) is 7.30. The van der Waals surface area contributed by atoms with Crippen LogP contribution in [-0.4, -0.2) is 33.0 Å². The van der Waals surface area contributed by atoms with E-state index in [0.717, 1.165) is 34.4 Å². The van der Waals surface area contributed by atoms with Gasteiger partial charge >= 0.3 is 0 Å². The molecule has 0 aliphatic carbocycles. The number of methoxy groups -OCH3 is 1. The lowest BCUT2D eigenvalue weighted by Crippen LogP contribution is -2.23. The van der Waals surface area contributed by atoms with Crippen molar-refractivity contribution in [1.29, 1.82) is 0 Å². The molecule has 0 aliphatic rings. The van der Waals surface area contributed by atoms with Crippen molar-refractivity contribution in [2.24, 2.45) is 0 Å². The molecule has 0 radical (unpaired) electrons. The Morgan fingerprint density at radius 1 is 1.07 bits per heavy atom. The van der Waals surface area contributed by atoms with Crippen molar-refractivity contribution in [2.45, 2.75) is 50.6 Å². The van der Waals surface area contributed by atoms with Crippen molar-refractivity contribution in [3.05, 3.63) is 54.1 Å². The van der Waals surface area contributed by atoms with E-state index in [1.54, 1.807) is 7.11 Å². The molecule has 1 atom stereocenters. The van der Waals surface area contributed by atoms with Gasteiger partial charge < -0.3 is 10.1 Å². The monoisotopic (exact) mass is 424 g/mol. The van der Waals surface area contributed by atoms with Crippen LogP contribution in [0.15, 0.2) is 53.7 Å². The number of carbonyl (C=O) groups excluding carboxylic acids is 1. The minimum Gasteiger partial charge on any atom is -0.497 e. The summed E-state index contributed by atoms with van der Waals surface area (Å²) in [7, 11) is 1.64. The standard InChI is InChI=1S/C23H28N4O2S/c1-6-17-7-11-19(12-8-17)24-22(28)16(4)30-23-26-25-21(27(23)15(2)3)18-9-13-20(29-5)14-10-18/h7-16H,6H2,1-5H3,(H,24,28)/t16-/m1/s1. The topological polar surface area (TPSA) is 69.0 Å². The predicted molar refractivity (Wildman–Crippen MR) is 122 cm³/mol. The third-order valence-electron chi connectivity index (χ3n) is 4.81. The maximum Gasteiger partial charge on any atom is 0.237 e. The van der Waals surface area contributed by atoms with Gasteiger partial charge in [0, 0.05) is 17.3 Å². The number of carbonyl (C=O) groups is 1. The molecular weight excluding hydrogens is 396 g/mol. The molecule has 7 heteroatoms. The van der Waals surface area contributed by atoms with Crippen LogP contribution in [0.4, 0.5) is 5.69 Å². The van der Waals surface area contributed by atoms with Crippen LogP contribution >= 0.6 is 11.8 Å². The van der Waals surface area contributed by atoms with E-state index in [2.05, 4.69) is 40.9 Å². The van der Waals surface area contributed by atoms with E-state index in [1.807, 2.05) is 55.5 Å². The van der Waals surface area contributed by atoms with Crippen LogP contribution in [-0.2, 0) is 11.2 Å². The molecule has 0 bridgehead atoms. The van der Waals surface area contributed by atoms with Gasteiger partial charge in [0.15, 0.2) is 11.0 Å². The van der Waals surface area contributed by atoms with Gasteiger partial charge in [-0.1, -0.05) is 30.8 Å². The molecule has 2 aromatic carbocycles. The van der Waals surface area contributed by atoms with Crippen LogP contribution in [0, 0.1) is 0 Å². The first-order valence-electron chi connectivity index (χ1n) is 10.1. The summed E-state index contributed by atoms with van der Waals surface area (Å²) in [6.45, 7) is 8.16. The molecule has 3 rings (SSSR count). The fourth-order valence-electron chi connectivity index (χ4n) is 3.04. The van der Waals surface area contributed by atoms with Crippen molar-refractivity contribution < 1.29 is 9.53 Å². The first kappa shape index (κ1) is 21.9. The highest BCUT2D eigenvalue weighted by molar-refractivity contribution is 8.00. The second-order valence-corrected chi connectivity index (χ2v) is 8.61. The Kier molecular flexibility index (Phi) is 7.15. The van der Waals surface area contributed by atoms with Crippen molar-refractivity contribution >= 4 is 23.4 Å². The number of anilines is 1. The van der Waals surface area contributed by atoms with Crippen LogP contribution in [0.25, 0.3) is 11.4 Å². The minimum absolute atomic E-state index is 0.0615. The van der Waals surface area contributed by atoms with Crippen LogP contribution in [0.1, 0.15) is 39.3 Å². The summed E-state index contributed by atoms with van der Waals surface area (Å²) in [6.07, 6.45) is 0.974. The molecular formula is C23H28N4O2S. The van der Waals surface area contributed by atoms with Gasteiger partial charge in [0.25, 0.3) is 0 Å². The molecule has 0 fully saturated rings. The second kappa shape index (κ2) is 9.80. The maximum atomic E-state index is 12.7. The van der Waals surface area contributed by atoms with E-state index < -0.39 is 0 Å². The van der Waals surface area contributed by atoms with Gasteiger partial charge in [-0.25, -0.2) is 0 Å². The van der Waals surface area contributed by atoms with Gasteiger partial charge in [-0.15, -0.1) is 10.2 Å². The van der Waals surface area contributed by atoms with Gasteiger partial charge in [0.2, 0.25) is 5.91 Å². The molecule has 3 aromatic rings. The van der Waals surface area contributed by atoms with E-state index in [0.29, 0.717) is 0 Å². The minimum atomic E-state index is -0.318. The summed E-state index contributed by atoms with van der Waals surface area (Å²) in [4.78, 5) is 12.7. The van der Waals surface area contributed by atoms with Crippen LogP contribution in [0.3, 0.4) is 0 Å². The number of hydrogen-bond donors (Lipinski definition) is 1. The fraction of sp³-hybridized carbons (Fsp3) is 0.348. The molecule has 30 heavy (non-hydrogen) atoms. The van der Waals surface area contributed by atoms with Gasteiger partial charge in [-0.3, -0.25) is 9.36 Å². The maximum absolute atomic E-state index is 12.7. The van der Waals surface area contributed by atoms with E-state index in [9.17, 15) is 4.79 Å². The number of thioether (sulfide) groups is 1. The number of benzene rings is 2. The predicted octanol–water partition coefficient (Wildman–Crippen LogP) is 5.22. The highest BCUT2D eigenvalue weighted by atomic mass is 32.2. The lowest BCUT2D eigenvalue weighted by molar-refractivity contribution is -0.115. The smallest absolute Gasteiger partial charge is 0.237 e. The Labute approximate surface area is 182 Å². The molecule has 0 aliphatic heterocycles. The zero-order chi connectivity index (χ0) is 21.7. The fourth-order valence-corrected chi connectivity index (χ4v) is 4.02. The third kappa shape index (κ3) is 5.02. The molecule has 0 spiro atoms. The number of aryl methyl sites for hydroxylation is 1. The normalized spacial score (nSPS) is 12.1. The number of hydrogen-bond acceptors (Lipinski definition) is 5. The molecule has 0 saturated carbocycles. The Bertz CT molecular complexity index is 981.